The first-order valence-electron chi connectivity index (χ1n) is 13.8. The Balaban J connectivity index is 1.00. The Bertz CT molecular complexity index is 1920. The lowest BCUT2D eigenvalue weighted by molar-refractivity contribution is 1.30. The zero-order valence-electron chi connectivity index (χ0n) is 22.3. The smallest absolute Gasteiger partial charge is 0.0532 e. The van der Waals surface area contributed by atoms with Gasteiger partial charge in [0.15, 0.2) is 0 Å². The predicted octanol–water partition coefficient (Wildman–Crippen LogP) is 11.6. The minimum atomic E-state index is 1.15. The van der Waals surface area contributed by atoms with E-state index in [1.165, 1.54) is 63.0 Å². The number of para-hydroxylation sites is 2. The number of nitrogens with one attached hydrogen (secondary N) is 3. The van der Waals surface area contributed by atoms with Crippen LogP contribution in [0.2, 0.25) is 0 Å². The number of rotatable bonds is 2. The molecule has 0 radical (unpaired) electrons. The van der Waals surface area contributed by atoms with Gasteiger partial charge in [-0.25, -0.2) is 0 Å². The Labute approximate surface area is 257 Å². The van der Waals surface area contributed by atoms with E-state index in [4.69, 9.17) is 0 Å². The van der Waals surface area contributed by atoms with Crippen molar-refractivity contribution < 1.29 is 0 Å². The zero-order chi connectivity index (χ0) is 27.6. The molecule has 3 nitrogen and oxygen atoms in total. The number of hydrogen-bond donors (Lipinski definition) is 3. The second-order valence-electron chi connectivity index (χ2n) is 10.5. The average Bonchev–Trinajstić information content (AvgIpc) is 3.04. The van der Waals surface area contributed by atoms with Crippen LogP contribution in [0.4, 0.5) is 34.1 Å². The van der Waals surface area contributed by atoms with Crippen LogP contribution in [-0.4, -0.2) is 0 Å². The number of benzene rings is 6. The molecule has 3 heterocycles. The monoisotopic (exact) mass is 593 g/mol. The molecule has 0 saturated heterocycles. The normalized spacial score (nSPS) is 13.5. The molecule has 0 amide bonds. The molecule has 6 aromatic rings. The van der Waals surface area contributed by atoms with E-state index in [0.717, 1.165) is 22.7 Å². The Hall–Kier alpha value is -4.23. The highest BCUT2D eigenvalue weighted by atomic mass is 32.2. The summed E-state index contributed by atoms with van der Waals surface area (Å²) in [5.74, 6) is 0. The van der Waals surface area contributed by atoms with Gasteiger partial charge in [0.05, 0.1) is 34.1 Å². The first-order valence-corrected chi connectivity index (χ1v) is 16.3. The van der Waals surface area contributed by atoms with Gasteiger partial charge >= 0.3 is 0 Å². The molecule has 6 aromatic carbocycles. The average molecular weight is 594 g/mol. The quantitative estimate of drug-likeness (QED) is 0.185. The first-order chi connectivity index (χ1) is 20.7. The van der Waals surface area contributed by atoms with Gasteiger partial charge in [0, 0.05) is 29.4 Å². The van der Waals surface area contributed by atoms with Gasteiger partial charge in [-0.1, -0.05) is 83.8 Å². The van der Waals surface area contributed by atoms with Crippen LogP contribution in [0, 0.1) is 0 Å². The van der Waals surface area contributed by atoms with Crippen molar-refractivity contribution in [2.75, 3.05) is 16.0 Å². The molecule has 42 heavy (non-hydrogen) atoms. The van der Waals surface area contributed by atoms with E-state index in [1.807, 2.05) is 35.3 Å². The van der Waals surface area contributed by atoms with Crippen LogP contribution in [0.25, 0.3) is 22.3 Å². The van der Waals surface area contributed by atoms with Gasteiger partial charge in [-0.2, -0.15) is 0 Å². The standard InChI is InChI=1S/C36H23N3S3/c1-3-7-31-25(5-1)38-29-17-21(11-15-33(29)40-31)23-9-13-27-35(19-23)42-36-20-24(10-14-28(36)37-27)22-12-16-34-30(18-22)39-26-6-2-4-8-32(26)41-34/h1-20,37-39H. The lowest BCUT2D eigenvalue weighted by atomic mass is 10.0. The third-order valence-electron chi connectivity index (χ3n) is 7.83. The molecule has 3 aliphatic heterocycles. The third-order valence-corrected chi connectivity index (χ3v) is 11.2. The van der Waals surface area contributed by atoms with Crippen molar-refractivity contribution in [2.24, 2.45) is 0 Å². The van der Waals surface area contributed by atoms with Gasteiger partial charge in [-0.3, -0.25) is 0 Å². The molecule has 0 aliphatic carbocycles. The molecule has 0 unspecified atom stereocenters. The predicted molar refractivity (Wildman–Crippen MR) is 179 cm³/mol. The van der Waals surface area contributed by atoms with Crippen molar-refractivity contribution in [3.63, 3.8) is 0 Å². The largest absolute Gasteiger partial charge is 0.354 e. The minimum absolute atomic E-state index is 1.15. The van der Waals surface area contributed by atoms with Gasteiger partial charge in [0.2, 0.25) is 0 Å². The van der Waals surface area contributed by atoms with Crippen molar-refractivity contribution in [3.8, 4) is 22.3 Å². The molecule has 0 atom stereocenters. The van der Waals surface area contributed by atoms with Gasteiger partial charge in [0.25, 0.3) is 0 Å². The molecule has 3 aliphatic rings. The lowest BCUT2D eigenvalue weighted by Gasteiger charge is -2.24. The maximum atomic E-state index is 3.67. The molecule has 3 N–H and O–H groups in total. The molecule has 6 heteroatoms. The van der Waals surface area contributed by atoms with Gasteiger partial charge in [-0.15, -0.1) is 0 Å². The van der Waals surface area contributed by atoms with Crippen molar-refractivity contribution in [2.45, 2.75) is 29.4 Å². The molecule has 200 valence electrons. The van der Waals surface area contributed by atoms with E-state index in [-0.39, 0.29) is 0 Å². The van der Waals surface area contributed by atoms with Crippen molar-refractivity contribution in [1.29, 1.82) is 0 Å². The summed E-state index contributed by atoms with van der Waals surface area (Å²) < 4.78 is 0. The highest BCUT2D eigenvalue weighted by Gasteiger charge is 2.20. The number of fused-ring (bicyclic) bond motifs is 6. The summed E-state index contributed by atoms with van der Waals surface area (Å²) in [6.07, 6.45) is 0. The van der Waals surface area contributed by atoms with Crippen LogP contribution < -0.4 is 16.0 Å². The van der Waals surface area contributed by atoms with E-state index in [9.17, 15) is 0 Å². The van der Waals surface area contributed by atoms with E-state index in [1.54, 1.807) is 0 Å². The molecule has 0 saturated carbocycles. The summed E-state index contributed by atoms with van der Waals surface area (Å²) in [6, 6.07) is 43.9. The zero-order valence-corrected chi connectivity index (χ0v) is 24.7. The van der Waals surface area contributed by atoms with Crippen LogP contribution in [0.5, 0.6) is 0 Å². The summed E-state index contributed by atoms with van der Waals surface area (Å²) in [6.45, 7) is 0. The first kappa shape index (κ1) is 24.4. The summed E-state index contributed by atoms with van der Waals surface area (Å²) in [5, 5.41) is 10.9. The molecular weight excluding hydrogens is 571 g/mol. The Morgan fingerprint density at radius 2 is 0.643 bits per heavy atom. The van der Waals surface area contributed by atoms with Gasteiger partial charge in [0.1, 0.15) is 0 Å². The Morgan fingerprint density at radius 1 is 0.286 bits per heavy atom. The van der Waals surface area contributed by atoms with E-state index >= 15 is 0 Å². The molecule has 0 fully saturated rings. The molecule has 9 rings (SSSR count). The van der Waals surface area contributed by atoms with Crippen LogP contribution in [0.3, 0.4) is 0 Å². The SMILES string of the molecule is c1ccc2c(c1)Nc1cc(-c3ccc4c(c3)Sc3cc(-c5ccc6c(c5)Nc5ccccc5S6)ccc3N4)ccc1S2. The number of hydrogen-bond acceptors (Lipinski definition) is 6. The maximum Gasteiger partial charge on any atom is 0.0532 e. The molecule has 0 spiro atoms. The van der Waals surface area contributed by atoms with Crippen molar-refractivity contribution in [1.82, 2.24) is 0 Å². The summed E-state index contributed by atoms with van der Waals surface area (Å²) in [4.78, 5) is 7.53. The molecule has 0 bridgehead atoms. The Kier molecular flexibility index (Phi) is 5.61. The molecule has 0 aromatic heterocycles. The number of anilines is 6. The highest BCUT2D eigenvalue weighted by Crippen LogP contribution is 2.49. The summed E-state index contributed by atoms with van der Waals surface area (Å²) in [5.41, 5.74) is 11.8. The third kappa shape index (κ3) is 4.18. The van der Waals surface area contributed by atoms with Crippen molar-refractivity contribution >= 4 is 69.4 Å². The Morgan fingerprint density at radius 3 is 1.17 bits per heavy atom. The topological polar surface area (TPSA) is 36.1 Å². The minimum Gasteiger partial charge on any atom is -0.354 e. The summed E-state index contributed by atoms with van der Waals surface area (Å²) in [7, 11) is 0. The fraction of sp³-hybridized carbons (Fsp3) is 0. The second kappa shape index (κ2) is 9.66. The van der Waals surface area contributed by atoms with Crippen LogP contribution in [0.1, 0.15) is 0 Å². The maximum absolute atomic E-state index is 3.67. The van der Waals surface area contributed by atoms with E-state index < -0.39 is 0 Å². The van der Waals surface area contributed by atoms with Crippen molar-refractivity contribution in [3.05, 3.63) is 121 Å². The van der Waals surface area contributed by atoms with Gasteiger partial charge < -0.3 is 16.0 Å². The summed E-state index contributed by atoms with van der Waals surface area (Å²) >= 11 is 5.48. The van der Waals surface area contributed by atoms with E-state index in [0.29, 0.717) is 0 Å². The fourth-order valence-electron chi connectivity index (χ4n) is 5.68. The fourth-order valence-corrected chi connectivity index (χ4v) is 8.68. The van der Waals surface area contributed by atoms with Crippen LogP contribution >= 0.6 is 35.3 Å². The lowest BCUT2D eigenvalue weighted by Crippen LogP contribution is -2.01. The highest BCUT2D eigenvalue weighted by molar-refractivity contribution is 8.00. The van der Waals surface area contributed by atoms with Gasteiger partial charge in [-0.05, 0) is 95.1 Å². The molecular formula is C36H23N3S3. The second-order valence-corrected chi connectivity index (χ2v) is 13.8. The van der Waals surface area contributed by atoms with Crippen LogP contribution in [0.15, 0.2) is 151 Å². The van der Waals surface area contributed by atoms with E-state index in [2.05, 4.69) is 137 Å². The van der Waals surface area contributed by atoms with Crippen LogP contribution in [-0.2, 0) is 0 Å².